The summed E-state index contributed by atoms with van der Waals surface area (Å²) in [6.45, 7) is 3.93. The predicted molar refractivity (Wildman–Crippen MR) is 38.9 cm³/mol. The molecule has 1 aliphatic rings. The average molecular weight is 145 g/mol. The van der Waals surface area contributed by atoms with Gasteiger partial charge in [0.15, 0.2) is 0 Å². The molecule has 0 aromatic heterocycles. The van der Waals surface area contributed by atoms with Gasteiger partial charge in [-0.2, -0.15) is 0 Å². The van der Waals surface area contributed by atoms with E-state index in [1.807, 2.05) is 0 Å². The number of rotatable bonds is 2. The third-order valence-electron chi connectivity index (χ3n) is 1.79. The average Bonchev–Trinajstić information content (AvgIpc) is 2.05. The first-order chi connectivity index (χ1) is 4.86. The molecule has 0 aromatic carbocycles. The van der Waals surface area contributed by atoms with Crippen LogP contribution in [0.25, 0.3) is 0 Å². The van der Waals surface area contributed by atoms with E-state index in [2.05, 4.69) is 12.2 Å². The second kappa shape index (κ2) is 3.91. The van der Waals surface area contributed by atoms with Crippen molar-refractivity contribution >= 4 is 0 Å². The molecule has 0 unspecified atom stereocenters. The molecule has 0 radical (unpaired) electrons. The van der Waals surface area contributed by atoms with E-state index in [1.54, 1.807) is 0 Å². The molecule has 1 rings (SSSR count). The quantitative estimate of drug-likeness (QED) is 0.563. The molecule has 0 amide bonds. The number of ether oxygens (including phenoxy) is 1. The number of aliphatic hydroxyl groups is 1. The van der Waals surface area contributed by atoms with E-state index < -0.39 is 0 Å². The maximum atomic E-state index is 8.74. The van der Waals surface area contributed by atoms with Gasteiger partial charge in [0.25, 0.3) is 0 Å². The lowest BCUT2D eigenvalue weighted by molar-refractivity contribution is -0.0611. The molecule has 1 heterocycles. The Hall–Kier alpha value is -0.120. The van der Waals surface area contributed by atoms with Gasteiger partial charge in [0.1, 0.15) is 0 Å². The van der Waals surface area contributed by atoms with Gasteiger partial charge in [-0.05, 0) is 6.42 Å². The molecule has 0 saturated carbocycles. The minimum absolute atomic E-state index is 0.0127. The van der Waals surface area contributed by atoms with Crippen molar-refractivity contribution in [2.75, 3.05) is 19.7 Å². The van der Waals surface area contributed by atoms with Crippen LogP contribution >= 0.6 is 0 Å². The SMILES string of the molecule is CC[C@H]1CNC[C@@H](CO)O1. The van der Waals surface area contributed by atoms with Crippen molar-refractivity contribution in [1.29, 1.82) is 0 Å². The summed E-state index contributed by atoms with van der Waals surface area (Å²) in [7, 11) is 0. The summed E-state index contributed by atoms with van der Waals surface area (Å²) in [5.74, 6) is 0. The third-order valence-corrected chi connectivity index (χ3v) is 1.79. The highest BCUT2D eigenvalue weighted by Gasteiger charge is 2.19. The topological polar surface area (TPSA) is 41.5 Å². The fourth-order valence-electron chi connectivity index (χ4n) is 1.12. The smallest absolute Gasteiger partial charge is 0.0934 e. The van der Waals surface area contributed by atoms with E-state index >= 15 is 0 Å². The fourth-order valence-corrected chi connectivity index (χ4v) is 1.12. The van der Waals surface area contributed by atoms with Gasteiger partial charge in [-0.3, -0.25) is 0 Å². The van der Waals surface area contributed by atoms with Crippen LogP contribution in [0.15, 0.2) is 0 Å². The number of morpholine rings is 1. The van der Waals surface area contributed by atoms with Crippen molar-refractivity contribution in [3.05, 3.63) is 0 Å². The van der Waals surface area contributed by atoms with Gasteiger partial charge in [-0.25, -0.2) is 0 Å². The second-order valence-corrected chi connectivity index (χ2v) is 2.63. The number of hydrogen-bond acceptors (Lipinski definition) is 3. The van der Waals surface area contributed by atoms with E-state index in [0.29, 0.717) is 6.10 Å². The maximum absolute atomic E-state index is 8.74. The largest absolute Gasteiger partial charge is 0.394 e. The Labute approximate surface area is 61.4 Å². The molecule has 3 nitrogen and oxygen atoms in total. The second-order valence-electron chi connectivity index (χ2n) is 2.63. The van der Waals surface area contributed by atoms with Crippen LogP contribution in [0.4, 0.5) is 0 Å². The van der Waals surface area contributed by atoms with Crippen LogP contribution in [0.5, 0.6) is 0 Å². The Kier molecular flexibility index (Phi) is 3.12. The number of hydrogen-bond donors (Lipinski definition) is 2. The summed E-state index contributed by atoms with van der Waals surface area (Å²) in [6.07, 6.45) is 1.33. The highest BCUT2D eigenvalue weighted by Crippen LogP contribution is 2.05. The fraction of sp³-hybridized carbons (Fsp3) is 1.00. The number of nitrogens with one attached hydrogen (secondary N) is 1. The van der Waals surface area contributed by atoms with Crippen LogP contribution in [-0.4, -0.2) is 37.0 Å². The summed E-state index contributed by atoms with van der Waals surface area (Å²) in [4.78, 5) is 0. The van der Waals surface area contributed by atoms with Crippen LogP contribution in [0.2, 0.25) is 0 Å². The molecule has 1 fully saturated rings. The molecular weight excluding hydrogens is 130 g/mol. The lowest BCUT2D eigenvalue weighted by Crippen LogP contribution is -2.45. The van der Waals surface area contributed by atoms with Gasteiger partial charge >= 0.3 is 0 Å². The zero-order valence-electron chi connectivity index (χ0n) is 6.34. The lowest BCUT2D eigenvalue weighted by Gasteiger charge is -2.28. The first kappa shape index (κ1) is 7.98. The van der Waals surface area contributed by atoms with Gasteiger partial charge < -0.3 is 15.2 Å². The van der Waals surface area contributed by atoms with E-state index in [4.69, 9.17) is 9.84 Å². The summed E-state index contributed by atoms with van der Waals surface area (Å²) in [6, 6.07) is 0. The number of aliphatic hydroxyl groups excluding tert-OH is 1. The van der Waals surface area contributed by atoms with E-state index in [-0.39, 0.29) is 12.7 Å². The van der Waals surface area contributed by atoms with Crippen LogP contribution in [0.3, 0.4) is 0 Å². The highest BCUT2D eigenvalue weighted by atomic mass is 16.5. The minimum atomic E-state index is 0.0127. The normalized spacial score (nSPS) is 34.2. The van der Waals surface area contributed by atoms with Crippen molar-refractivity contribution in [3.8, 4) is 0 Å². The third kappa shape index (κ3) is 1.94. The summed E-state index contributed by atoms with van der Waals surface area (Å²) in [5, 5.41) is 11.9. The first-order valence-electron chi connectivity index (χ1n) is 3.83. The summed E-state index contributed by atoms with van der Waals surface area (Å²) < 4.78 is 5.47. The van der Waals surface area contributed by atoms with Crippen molar-refractivity contribution in [2.24, 2.45) is 0 Å². The Balaban J connectivity index is 2.25. The molecule has 0 aliphatic carbocycles. The molecular formula is C7H15NO2. The molecule has 1 aliphatic heterocycles. The summed E-state index contributed by atoms with van der Waals surface area (Å²) in [5.41, 5.74) is 0. The Morgan fingerprint density at radius 2 is 2.20 bits per heavy atom. The lowest BCUT2D eigenvalue weighted by atomic mass is 10.2. The van der Waals surface area contributed by atoms with Gasteiger partial charge in [-0.15, -0.1) is 0 Å². The standard InChI is InChI=1S/C7H15NO2/c1-2-6-3-8-4-7(5-9)10-6/h6-9H,2-5H2,1H3/t6-,7-/m0/s1. The van der Waals surface area contributed by atoms with E-state index in [9.17, 15) is 0 Å². The molecule has 2 N–H and O–H groups in total. The molecule has 10 heavy (non-hydrogen) atoms. The van der Waals surface area contributed by atoms with Gasteiger partial charge in [-0.1, -0.05) is 6.92 Å². The zero-order valence-corrected chi connectivity index (χ0v) is 6.34. The minimum Gasteiger partial charge on any atom is -0.394 e. The molecule has 0 aromatic rings. The zero-order chi connectivity index (χ0) is 7.40. The first-order valence-corrected chi connectivity index (χ1v) is 3.83. The van der Waals surface area contributed by atoms with Gasteiger partial charge in [0.05, 0.1) is 18.8 Å². The molecule has 0 bridgehead atoms. The monoisotopic (exact) mass is 145 g/mol. The highest BCUT2D eigenvalue weighted by molar-refractivity contribution is 4.72. The molecule has 3 heteroatoms. The Bertz CT molecular complexity index is 87.6. The van der Waals surface area contributed by atoms with Crippen molar-refractivity contribution in [1.82, 2.24) is 5.32 Å². The van der Waals surface area contributed by atoms with Crippen LogP contribution in [0.1, 0.15) is 13.3 Å². The van der Waals surface area contributed by atoms with Gasteiger partial charge in [0, 0.05) is 13.1 Å². The predicted octanol–water partition coefficient (Wildman–Crippen LogP) is -0.254. The summed E-state index contributed by atoms with van der Waals surface area (Å²) >= 11 is 0. The Morgan fingerprint density at radius 3 is 2.80 bits per heavy atom. The van der Waals surface area contributed by atoms with Crippen LogP contribution < -0.4 is 5.32 Å². The van der Waals surface area contributed by atoms with Crippen molar-refractivity contribution in [3.63, 3.8) is 0 Å². The molecule has 60 valence electrons. The van der Waals surface area contributed by atoms with E-state index in [0.717, 1.165) is 19.5 Å². The molecule has 1 saturated heterocycles. The van der Waals surface area contributed by atoms with Crippen LogP contribution in [0, 0.1) is 0 Å². The van der Waals surface area contributed by atoms with E-state index in [1.165, 1.54) is 0 Å². The molecule has 0 spiro atoms. The van der Waals surface area contributed by atoms with Crippen molar-refractivity contribution in [2.45, 2.75) is 25.6 Å². The van der Waals surface area contributed by atoms with Crippen LogP contribution in [-0.2, 0) is 4.74 Å². The van der Waals surface area contributed by atoms with Gasteiger partial charge in [0.2, 0.25) is 0 Å². The van der Waals surface area contributed by atoms with Crippen molar-refractivity contribution < 1.29 is 9.84 Å². The molecule has 2 atom stereocenters. The Morgan fingerprint density at radius 1 is 1.50 bits per heavy atom. The maximum Gasteiger partial charge on any atom is 0.0934 e.